The van der Waals surface area contributed by atoms with Gasteiger partial charge in [0.2, 0.25) is 0 Å². The van der Waals surface area contributed by atoms with E-state index in [4.69, 9.17) is 15.7 Å². The maximum Gasteiger partial charge on any atom is 0.316 e. The van der Waals surface area contributed by atoms with E-state index in [-0.39, 0.29) is 12.1 Å². The van der Waals surface area contributed by atoms with Crippen LogP contribution < -0.4 is 20.7 Å². The predicted molar refractivity (Wildman–Crippen MR) is 138 cm³/mol. The molecule has 0 bridgehead atoms. The second-order valence-electron chi connectivity index (χ2n) is 8.99. The van der Waals surface area contributed by atoms with Crippen LogP contribution >= 0.6 is 0 Å². The summed E-state index contributed by atoms with van der Waals surface area (Å²) in [6, 6.07) is 8.14. The van der Waals surface area contributed by atoms with E-state index in [1.165, 1.54) is 13.3 Å². The minimum Gasteiger partial charge on any atom is -0.467 e. The average molecular weight is 498 g/mol. The average Bonchev–Trinajstić information content (AvgIpc) is 3.38. The highest BCUT2D eigenvalue weighted by molar-refractivity contribution is 6.02. The van der Waals surface area contributed by atoms with Crippen molar-refractivity contribution in [3.63, 3.8) is 0 Å². The number of nitrogens with two attached hydrogens (primary N) is 1. The number of methoxy groups -OCH3 is 1. The van der Waals surface area contributed by atoms with E-state index >= 15 is 0 Å². The summed E-state index contributed by atoms with van der Waals surface area (Å²) < 4.78 is 6.78. The zero-order valence-corrected chi connectivity index (χ0v) is 20.6. The Morgan fingerprint density at radius 2 is 2.03 bits per heavy atom. The van der Waals surface area contributed by atoms with Gasteiger partial charge in [-0.05, 0) is 37.0 Å². The van der Waals surface area contributed by atoms with Gasteiger partial charge >= 0.3 is 6.01 Å². The van der Waals surface area contributed by atoms with Crippen molar-refractivity contribution in [1.82, 2.24) is 24.6 Å². The van der Waals surface area contributed by atoms with Crippen molar-refractivity contribution in [3.8, 4) is 23.2 Å². The van der Waals surface area contributed by atoms with Crippen LogP contribution in [-0.4, -0.2) is 56.7 Å². The van der Waals surface area contributed by atoms with Gasteiger partial charge in [-0.2, -0.15) is 10.4 Å². The molecule has 1 aliphatic rings. The van der Waals surface area contributed by atoms with Gasteiger partial charge in [-0.3, -0.25) is 4.79 Å². The standard InChI is InChI=1S/C26H27N9O2/c1-3-17-14-34(23-5-4-16(9-27)10-29-23)7-6-21(17)33-24-20(25(28)36)13-32-35-15-18(8-22(24)35)19-11-30-26(37-2)31-12-19/h4-5,8,10-13,15,17,21,33H,3,6-7,14H2,1-2H3,(H2,28,36). The molecule has 1 saturated heterocycles. The van der Waals surface area contributed by atoms with Gasteiger partial charge in [-0.1, -0.05) is 6.92 Å². The van der Waals surface area contributed by atoms with Crippen molar-refractivity contribution in [2.45, 2.75) is 25.8 Å². The van der Waals surface area contributed by atoms with Crippen molar-refractivity contribution < 1.29 is 9.53 Å². The number of nitrogens with zero attached hydrogens (tertiary/aromatic N) is 7. The maximum atomic E-state index is 12.4. The normalized spacial score (nSPS) is 17.4. The van der Waals surface area contributed by atoms with Crippen LogP contribution in [0.1, 0.15) is 35.7 Å². The Balaban J connectivity index is 1.44. The first-order chi connectivity index (χ1) is 18.0. The van der Waals surface area contributed by atoms with Gasteiger partial charge in [-0.15, -0.1) is 0 Å². The summed E-state index contributed by atoms with van der Waals surface area (Å²) in [5.74, 6) is 0.614. The van der Waals surface area contributed by atoms with E-state index in [2.05, 4.69) is 43.3 Å². The number of primary amides is 1. The Morgan fingerprint density at radius 1 is 1.22 bits per heavy atom. The highest BCUT2D eigenvalue weighted by atomic mass is 16.5. The zero-order valence-electron chi connectivity index (χ0n) is 20.6. The van der Waals surface area contributed by atoms with Crippen molar-refractivity contribution in [3.05, 3.63) is 60.3 Å². The number of hydrogen-bond acceptors (Lipinski definition) is 9. The number of piperidine rings is 1. The molecule has 1 fully saturated rings. The fourth-order valence-corrected chi connectivity index (χ4v) is 4.79. The SMILES string of the molecule is CCC1CN(c2ccc(C#N)cn2)CCC1Nc1c(C(N)=O)cnn2cc(-c3cnc(OC)nc3)cc12. The maximum absolute atomic E-state index is 12.4. The number of nitriles is 1. The molecule has 3 N–H and O–H groups in total. The molecule has 11 nitrogen and oxygen atoms in total. The van der Waals surface area contributed by atoms with Crippen LogP contribution in [0.5, 0.6) is 6.01 Å². The molecule has 4 aromatic heterocycles. The second kappa shape index (κ2) is 10.1. The fraction of sp³-hybridized carbons (Fsp3) is 0.308. The summed E-state index contributed by atoms with van der Waals surface area (Å²) in [6.45, 7) is 3.75. The summed E-state index contributed by atoms with van der Waals surface area (Å²) in [4.78, 5) is 27.4. The van der Waals surface area contributed by atoms with E-state index in [9.17, 15) is 4.79 Å². The van der Waals surface area contributed by atoms with Crippen LogP contribution in [-0.2, 0) is 0 Å². The number of rotatable bonds is 7. The molecule has 5 rings (SSSR count). The molecule has 2 atom stereocenters. The third kappa shape index (κ3) is 4.73. The van der Waals surface area contributed by atoms with E-state index in [1.54, 1.807) is 29.2 Å². The summed E-state index contributed by atoms with van der Waals surface area (Å²) in [5, 5.41) is 17.1. The van der Waals surface area contributed by atoms with Gasteiger partial charge in [0.05, 0.1) is 35.6 Å². The van der Waals surface area contributed by atoms with Gasteiger partial charge < -0.3 is 20.7 Å². The third-order valence-electron chi connectivity index (χ3n) is 6.84. The lowest BCUT2D eigenvalue weighted by atomic mass is 9.89. The predicted octanol–water partition coefficient (Wildman–Crippen LogP) is 2.88. The number of anilines is 2. The number of carbonyl (C=O) groups excluding carboxylic acids is 1. The Labute approximate surface area is 213 Å². The zero-order chi connectivity index (χ0) is 25.9. The molecule has 37 heavy (non-hydrogen) atoms. The van der Waals surface area contributed by atoms with Gasteiger partial charge in [-0.25, -0.2) is 19.5 Å². The molecule has 0 aliphatic carbocycles. The van der Waals surface area contributed by atoms with Crippen LogP contribution in [0.25, 0.3) is 16.6 Å². The molecule has 5 heterocycles. The number of ether oxygens (including phenoxy) is 1. The molecule has 4 aromatic rings. The Kier molecular flexibility index (Phi) is 6.55. The molecule has 0 aromatic carbocycles. The quantitative estimate of drug-likeness (QED) is 0.393. The van der Waals surface area contributed by atoms with Crippen LogP contribution in [0, 0.1) is 17.2 Å². The van der Waals surface area contributed by atoms with Crippen LogP contribution in [0.4, 0.5) is 11.5 Å². The number of carbonyl (C=O) groups is 1. The molecule has 1 amide bonds. The molecule has 1 aliphatic heterocycles. The molecular formula is C26H27N9O2. The summed E-state index contributed by atoms with van der Waals surface area (Å²) in [7, 11) is 1.52. The third-order valence-corrected chi connectivity index (χ3v) is 6.84. The Hall–Kier alpha value is -4.72. The summed E-state index contributed by atoms with van der Waals surface area (Å²) in [5.41, 5.74) is 9.69. The van der Waals surface area contributed by atoms with E-state index in [1.807, 2.05) is 18.3 Å². The van der Waals surface area contributed by atoms with Crippen LogP contribution in [0.15, 0.2) is 49.2 Å². The van der Waals surface area contributed by atoms with Crippen LogP contribution in [0.2, 0.25) is 0 Å². The summed E-state index contributed by atoms with van der Waals surface area (Å²) >= 11 is 0. The first-order valence-electron chi connectivity index (χ1n) is 12.1. The highest BCUT2D eigenvalue weighted by Gasteiger charge is 2.30. The minimum atomic E-state index is -0.541. The number of nitrogens with one attached hydrogen (secondary N) is 1. The van der Waals surface area contributed by atoms with Gasteiger partial charge in [0.1, 0.15) is 11.9 Å². The van der Waals surface area contributed by atoms with Crippen molar-refractivity contribution in [1.29, 1.82) is 5.26 Å². The molecule has 0 radical (unpaired) electrons. The second-order valence-corrected chi connectivity index (χ2v) is 8.99. The number of aromatic nitrogens is 5. The van der Waals surface area contributed by atoms with E-state index in [0.717, 1.165) is 48.4 Å². The van der Waals surface area contributed by atoms with Gasteiger partial charge in [0.15, 0.2) is 0 Å². The molecule has 0 saturated carbocycles. The number of pyridine rings is 1. The van der Waals surface area contributed by atoms with Gasteiger partial charge in [0.25, 0.3) is 5.91 Å². The van der Waals surface area contributed by atoms with E-state index in [0.29, 0.717) is 22.7 Å². The highest BCUT2D eigenvalue weighted by Crippen LogP contribution is 2.32. The molecule has 11 heteroatoms. The number of hydrogen-bond donors (Lipinski definition) is 2. The molecular weight excluding hydrogens is 470 g/mol. The smallest absolute Gasteiger partial charge is 0.316 e. The first kappa shape index (κ1) is 24.0. The van der Waals surface area contributed by atoms with E-state index < -0.39 is 5.91 Å². The lowest BCUT2D eigenvalue weighted by molar-refractivity contribution is 0.100. The number of fused-ring (bicyclic) bond motifs is 1. The Bertz CT molecular complexity index is 1460. The van der Waals surface area contributed by atoms with Crippen molar-refractivity contribution in [2.24, 2.45) is 11.7 Å². The largest absolute Gasteiger partial charge is 0.467 e. The lowest BCUT2D eigenvalue weighted by Crippen LogP contribution is -2.46. The Morgan fingerprint density at radius 3 is 2.68 bits per heavy atom. The minimum absolute atomic E-state index is 0.117. The van der Waals surface area contributed by atoms with Crippen molar-refractivity contribution >= 4 is 22.9 Å². The van der Waals surface area contributed by atoms with Gasteiger partial charge in [0, 0.05) is 55.0 Å². The van der Waals surface area contributed by atoms with Crippen LogP contribution in [0.3, 0.4) is 0 Å². The monoisotopic (exact) mass is 497 g/mol. The van der Waals surface area contributed by atoms with Crippen molar-refractivity contribution in [2.75, 3.05) is 30.4 Å². The number of amides is 1. The lowest BCUT2D eigenvalue weighted by Gasteiger charge is -2.40. The molecule has 188 valence electrons. The topological polar surface area (TPSA) is 147 Å². The summed E-state index contributed by atoms with van der Waals surface area (Å²) in [6.07, 6.45) is 10.1. The molecule has 2 unspecified atom stereocenters. The first-order valence-corrected chi connectivity index (χ1v) is 12.1. The fourth-order valence-electron chi connectivity index (χ4n) is 4.79. The molecule has 0 spiro atoms.